The molecule has 0 unspecified atom stereocenters. The summed E-state index contributed by atoms with van der Waals surface area (Å²) < 4.78 is 64.3. The van der Waals surface area contributed by atoms with Crippen LogP contribution in [0.25, 0.3) is 0 Å². The van der Waals surface area contributed by atoms with E-state index in [1.807, 2.05) is 0 Å². The van der Waals surface area contributed by atoms with E-state index in [2.05, 4.69) is 10.3 Å². The van der Waals surface area contributed by atoms with Gasteiger partial charge in [0.1, 0.15) is 0 Å². The van der Waals surface area contributed by atoms with Gasteiger partial charge in [0.25, 0.3) is 15.9 Å². The van der Waals surface area contributed by atoms with Crippen LogP contribution in [-0.2, 0) is 26.6 Å². The molecule has 0 saturated heterocycles. The van der Waals surface area contributed by atoms with Crippen molar-refractivity contribution < 1.29 is 31.1 Å². The molecule has 186 valence electrons. The van der Waals surface area contributed by atoms with Crippen LogP contribution in [0.5, 0.6) is 11.5 Å². The quantitative estimate of drug-likeness (QED) is 0.407. The number of rotatable bonds is 11. The summed E-state index contributed by atoms with van der Waals surface area (Å²) in [7, 11) is -6.22. The standard InChI is InChI=1S/C23H25N3O7S2/c1-32-21-11-10-20(15-22(21)33-2)35(30,31)26(17-18-7-6-12-24-16-18)34(28,29)14-13-25-23(27)19-8-4-3-5-9-19/h3-12,15-16H,13-14,17H2,1-2H3,(H,25,27). The predicted molar refractivity (Wildman–Crippen MR) is 129 cm³/mol. The maximum atomic E-state index is 13.5. The molecular weight excluding hydrogens is 494 g/mol. The monoisotopic (exact) mass is 519 g/mol. The normalized spacial score (nSPS) is 11.7. The van der Waals surface area contributed by atoms with Gasteiger partial charge in [-0.25, -0.2) is 16.8 Å². The van der Waals surface area contributed by atoms with E-state index < -0.39 is 38.3 Å². The Labute approximate surface area is 204 Å². The molecule has 0 saturated carbocycles. The highest BCUT2D eigenvalue weighted by Crippen LogP contribution is 2.32. The van der Waals surface area contributed by atoms with Crippen molar-refractivity contribution in [2.45, 2.75) is 11.4 Å². The number of nitrogens with zero attached hydrogens (tertiary/aromatic N) is 2. The fourth-order valence-electron chi connectivity index (χ4n) is 3.16. The average molecular weight is 520 g/mol. The summed E-state index contributed by atoms with van der Waals surface area (Å²) in [5.41, 5.74) is 0.725. The van der Waals surface area contributed by atoms with Gasteiger partial charge in [0, 0.05) is 30.6 Å². The molecule has 1 amide bonds. The number of benzene rings is 2. The summed E-state index contributed by atoms with van der Waals surface area (Å²) in [6.45, 7) is -0.763. The van der Waals surface area contributed by atoms with Crippen LogP contribution >= 0.6 is 0 Å². The highest BCUT2D eigenvalue weighted by Gasteiger charge is 2.36. The molecule has 0 radical (unpaired) electrons. The maximum Gasteiger partial charge on any atom is 0.256 e. The first-order valence-electron chi connectivity index (χ1n) is 10.4. The maximum absolute atomic E-state index is 13.5. The van der Waals surface area contributed by atoms with E-state index in [1.165, 1.54) is 44.8 Å². The number of pyridine rings is 1. The molecule has 2 aromatic carbocycles. The summed E-state index contributed by atoms with van der Waals surface area (Å²) >= 11 is 0. The third kappa shape index (κ3) is 6.35. The lowest BCUT2D eigenvalue weighted by atomic mass is 10.2. The van der Waals surface area contributed by atoms with E-state index in [0.29, 0.717) is 14.8 Å². The number of carbonyl (C=O) groups excluding carboxylic acids is 1. The smallest absolute Gasteiger partial charge is 0.256 e. The van der Waals surface area contributed by atoms with Gasteiger partial charge in [-0.1, -0.05) is 28.0 Å². The van der Waals surface area contributed by atoms with Gasteiger partial charge in [-0.15, -0.1) is 0 Å². The summed E-state index contributed by atoms with van der Waals surface area (Å²) in [5.74, 6) is -0.695. The van der Waals surface area contributed by atoms with Crippen LogP contribution in [0.2, 0.25) is 0 Å². The van der Waals surface area contributed by atoms with Crippen LogP contribution in [0, 0.1) is 0 Å². The van der Waals surface area contributed by atoms with Crippen LogP contribution < -0.4 is 14.8 Å². The Kier molecular flexibility index (Phi) is 8.43. The van der Waals surface area contributed by atoms with E-state index in [1.54, 1.807) is 42.5 Å². The van der Waals surface area contributed by atoms with Crippen molar-refractivity contribution in [3.05, 3.63) is 84.2 Å². The molecule has 0 spiro atoms. The SMILES string of the molecule is COc1ccc(S(=O)(=O)N(Cc2cccnc2)S(=O)(=O)CCNC(=O)c2ccccc2)cc1OC. The minimum absolute atomic E-state index is 0.127. The van der Waals surface area contributed by atoms with E-state index in [0.717, 1.165) is 0 Å². The molecule has 3 aromatic rings. The molecule has 3 rings (SSSR count). The molecule has 1 heterocycles. The fraction of sp³-hybridized carbons (Fsp3) is 0.217. The van der Waals surface area contributed by atoms with Crippen LogP contribution in [0.3, 0.4) is 0 Å². The van der Waals surface area contributed by atoms with E-state index in [4.69, 9.17) is 9.47 Å². The Morgan fingerprint density at radius 3 is 2.29 bits per heavy atom. The zero-order valence-electron chi connectivity index (χ0n) is 19.1. The number of ether oxygens (including phenoxy) is 2. The molecule has 0 aliphatic carbocycles. The van der Waals surface area contributed by atoms with E-state index in [-0.39, 0.29) is 22.9 Å². The Morgan fingerprint density at radius 2 is 1.66 bits per heavy atom. The van der Waals surface area contributed by atoms with Crippen molar-refractivity contribution in [2.24, 2.45) is 0 Å². The zero-order chi connectivity index (χ0) is 25.5. The molecule has 35 heavy (non-hydrogen) atoms. The van der Waals surface area contributed by atoms with Crippen LogP contribution in [0.15, 0.2) is 78.0 Å². The molecule has 10 nitrogen and oxygen atoms in total. The molecule has 0 aliphatic heterocycles. The van der Waals surface area contributed by atoms with Crippen molar-refractivity contribution >= 4 is 26.0 Å². The van der Waals surface area contributed by atoms with Crippen molar-refractivity contribution in [1.29, 1.82) is 0 Å². The molecule has 1 N–H and O–H groups in total. The Morgan fingerprint density at radius 1 is 0.943 bits per heavy atom. The molecule has 12 heteroatoms. The number of carbonyl (C=O) groups is 1. The van der Waals surface area contributed by atoms with Gasteiger partial charge >= 0.3 is 0 Å². The van der Waals surface area contributed by atoms with Crippen LogP contribution in [0.1, 0.15) is 15.9 Å². The predicted octanol–water partition coefficient (Wildman–Crippen LogP) is 2.05. The Hall–Kier alpha value is -3.48. The fourth-order valence-corrected chi connectivity index (χ4v) is 6.79. The number of hydrogen-bond acceptors (Lipinski definition) is 8. The minimum Gasteiger partial charge on any atom is -0.493 e. The second kappa shape index (κ2) is 11.3. The second-order valence-corrected chi connectivity index (χ2v) is 11.4. The molecule has 0 fully saturated rings. The number of amides is 1. The number of hydrogen-bond donors (Lipinski definition) is 1. The molecule has 0 aliphatic rings. The average Bonchev–Trinajstić information content (AvgIpc) is 2.87. The summed E-state index contributed by atoms with van der Waals surface area (Å²) in [6.07, 6.45) is 2.87. The third-order valence-corrected chi connectivity index (χ3v) is 9.20. The number of nitrogens with one attached hydrogen (secondary N) is 1. The van der Waals surface area contributed by atoms with E-state index in [9.17, 15) is 21.6 Å². The lowest BCUT2D eigenvalue weighted by molar-refractivity contribution is 0.0956. The number of aromatic nitrogens is 1. The minimum atomic E-state index is -4.55. The Bertz CT molecular complexity index is 1360. The second-order valence-electron chi connectivity index (χ2n) is 7.25. The third-order valence-electron chi connectivity index (χ3n) is 4.95. The van der Waals surface area contributed by atoms with Crippen molar-refractivity contribution in [3.8, 4) is 11.5 Å². The van der Waals surface area contributed by atoms with E-state index >= 15 is 0 Å². The first-order valence-corrected chi connectivity index (χ1v) is 13.4. The molecule has 0 atom stereocenters. The zero-order valence-corrected chi connectivity index (χ0v) is 20.8. The highest BCUT2D eigenvalue weighted by atomic mass is 32.3. The van der Waals surface area contributed by atoms with Crippen molar-refractivity contribution in [2.75, 3.05) is 26.5 Å². The Balaban J connectivity index is 1.90. The van der Waals surface area contributed by atoms with Gasteiger partial charge in [0.2, 0.25) is 10.0 Å². The highest BCUT2D eigenvalue weighted by molar-refractivity contribution is 8.04. The van der Waals surface area contributed by atoms with Crippen LogP contribution in [-0.4, -0.2) is 58.0 Å². The summed E-state index contributed by atoms with van der Waals surface area (Å²) in [5, 5.41) is 2.51. The van der Waals surface area contributed by atoms with Crippen LogP contribution in [0.4, 0.5) is 0 Å². The largest absolute Gasteiger partial charge is 0.493 e. The number of sulfonamides is 2. The van der Waals surface area contributed by atoms with Gasteiger partial charge in [-0.3, -0.25) is 9.78 Å². The van der Waals surface area contributed by atoms with Gasteiger partial charge in [-0.2, -0.15) is 0 Å². The summed E-state index contributed by atoms with van der Waals surface area (Å²) in [4.78, 5) is 15.9. The molecular formula is C23H25N3O7S2. The van der Waals surface area contributed by atoms with Gasteiger partial charge in [0.15, 0.2) is 11.5 Å². The topological polar surface area (TPSA) is 132 Å². The molecule has 0 bridgehead atoms. The van der Waals surface area contributed by atoms with Gasteiger partial charge < -0.3 is 14.8 Å². The summed E-state index contributed by atoms with van der Waals surface area (Å²) in [6, 6.07) is 15.2. The molecule has 1 aromatic heterocycles. The lowest BCUT2D eigenvalue weighted by Crippen LogP contribution is -2.41. The van der Waals surface area contributed by atoms with Gasteiger partial charge in [0.05, 0.1) is 31.4 Å². The first kappa shape index (κ1) is 26.1. The van der Waals surface area contributed by atoms with Crippen molar-refractivity contribution in [3.63, 3.8) is 0 Å². The van der Waals surface area contributed by atoms with Crippen molar-refractivity contribution in [1.82, 2.24) is 14.0 Å². The number of methoxy groups -OCH3 is 2. The lowest BCUT2D eigenvalue weighted by Gasteiger charge is -2.22. The van der Waals surface area contributed by atoms with Gasteiger partial charge in [-0.05, 0) is 35.9 Å². The first-order chi connectivity index (χ1) is 16.7.